The van der Waals surface area contributed by atoms with Crippen LogP contribution in [0.4, 0.5) is 0 Å². The molecule has 0 unspecified atom stereocenters. The number of hydrogen-bond donors (Lipinski definition) is 0. The minimum atomic E-state index is 0. The van der Waals surface area contributed by atoms with Crippen molar-refractivity contribution in [2.45, 2.75) is 0 Å². The van der Waals surface area contributed by atoms with Gasteiger partial charge in [-0.05, 0) is 0 Å². The SMILES string of the molecule is [Ag].[Al].[Cr].[Cu].[Fe].[H-].[H-].[H-].[Mg+2].[Na+].[Ni].[Pb].[Si].[Sn]. The predicted octanol–water partition coefficient (Wildman–Crippen LogP) is -4.57. The third-order valence-corrected chi connectivity index (χ3v) is 0. The Hall–Kier alpha value is 7.04. The van der Waals surface area contributed by atoms with Gasteiger partial charge >= 0.3 is 52.6 Å². The molecule has 0 amide bonds. The summed E-state index contributed by atoms with van der Waals surface area (Å²) >= 11 is 0. The molecule has 0 saturated heterocycles. The van der Waals surface area contributed by atoms with E-state index >= 15 is 0 Å². The maximum atomic E-state index is 0. The Morgan fingerprint density at radius 3 is 1.09 bits per heavy atom. The van der Waals surface area contributed by atoms with Gasteiger partial charge in [-0.15, -0.1) is 0 Å². The third kappa shape index (κ3) is 77.8. The van der Waals surface area contributed by atoms with Gasteiger partial charge in [0.15, 0.2) is 0 Å². The molecular formula is H3AgAlCrCuFeMgNaNiPbSiSn. The fraction of sp³-hybridized carbons (Fsp3) is 0. The molecule has 0 saturated carbocycles. The van der Waals surface area contributed by atoms with Gasteiger partial charge in [0.25, 0.3) is 0 Å². The van der Waals surface area contributed by atoms with Crippen LogP contribution in [0.1, 0.15) is 4.28 Å². The molecule has 0 aromatic heterocycles. The second kappa shape index (κ2) is 88.4. The van der Waals surface area contributed by atoms with Crippen molar-refractivity contribution in [3.8, 4) is 0 Å². The summed E-state index contributed by atoms with van der Waals surface area (Å²) in [5.41, 5.74) is 0. The Labute approximate surface area is 221 Å². The summed E-state index contributed by atoms with van der Waals surface area (Å²) in [4.78, 5) is 0. The van der Waals surface area contributed by atoms with E-state index in [0.29, 0.717) is 0 Å². The van der Waals surface area contributed by atoms with Gasteiger partial charge in [0.2, 0.25) is 0 Å². The summed E-state index contributed by atoms with van der Waals surface area (Å²) in [6, 6.07) is 0. The third-order valence-electron chi connectivity index (χ3n) is 0. The Balaban J connectivity index is 0. The van der Waals surface area contributed by atoms with Gasteiger partial charge in [-0.25, -0.2) is 0 Å². The van der Waals surface area contributed by atoms with Crippen LogP contribution < -0.4 is 29.6 Å². The van der Waals surface area contributed by atoms with E-state index in [1.54, 1.807) is 0 Å². The molecule has 0 spiro atoms. The molecule has 0 nitrogen and oxygen atoms in total. The second-order valence-electron chi connectivity index (χ2n) is 0. The molecule has 67 valence electrons. The van der Waals surface area contributed by atoms with Crippen LogP contribution in [0.3, 0.4) is 0 Å². The quantitative estimate of drug-likeness (QED) is 0.218. The molecule has 11 heavy (non-hydrogen) atoms. The maximum Gasteiger partial charge on any atom is 2.00 e. The molecule has 11 heteroatoms. The van der Waals surface area contributed by atoms with Crippen molar-refractivity contribution in [1.82, 2.24) is 0 Å². The van der Waals surface area contributed by atoms with Crippen LogP contribution >= 0.6 is 0 Å². The van der Waals surface area contributed by atoms with Gasteiger partial charge in [0, 0.05) is 170 Å². The Bertz CT molecular complexity index is 48.5. The molecule has 0 atom stereocenters. The van der Waals surface area contributed by atoms with Crippen molar-refractivity contribution in [3.05, 3.63) is 0 Å². The van der Waals surface area contributed by atoms with Gasteiger partial charge in [-0.3, -0.25) is 0 Å². The van der Waals surface area contributed by atoms with Gasteiger partial charge in [-0.2, -0.15) is 0 Å². The molecule has 17 radical (unpaired) electrons. The van der Waals surface area contributed by atoms with Crippen molar-refractivity contribution >= 4 is 103 Å². The molecule has 0 heterocycles. The van der Waals surface area contributed by atoms with Gasteiger partial charge < -0.3 is 4.28 Å². The van der Waals surface area contributed by atoms with Gasteiger partial charge in [0.1, 0.15) is 0 Å². The molecule has 0 aliphatic heterocycles. The van der Waals surface area contributed by atoms with Crippen LogP contribution in [0.25, 0.3) is 0 Å². The van der Waals surface area contributed by atoms with Crippen LogP contribution in [0.2, 0.25) is 0 Å². The van der Waals surface area contributed by atoms with Gasteiger partial charge in [-0.1, -0.05) is 0 Å². The molecule has 0 aliphatic rings. The van der Waals surface area contributed by atoms with Crippen molar-refractivity contribution in [2.75, 3.05) is 0 Å². The molecular weight excluding hydrogens is 766 g/mol. The topological polar surface area (TPSA) is 0 Å². The molecule has 0 aromatic rings. The molecule has 0 aliphatic carbocycles. The molecule has 0 bridgehead atoms. The summed E-state index contributed by atoms with van der Waals surface area (Å²) in [6.07, 6.45) is 0. The van der Waals surface area contributed by atoms with E-state index < -0.39 is 0 Å². The van der Waals surface area contributed by atoms with E-state index in [0.717, 1.165) is 0 Å². The first-order valence-electron chi connectivity index (χ1n) is 0. The standard InChI is InChI=1S/Ag.Al.Cr.Cu.Fe.Mg.Na.Ni.Pb.Si.Sn.3H/q;;;;;+2;+1;;;;;3*-1. The molecule has 0 aromatic carbocycles. The fourth-order valence-corrected chi connectivity index (χ4v) is 0. The predicted molar refractivity (Wildman–Crippen MR) is 32.1 cm³/mol. The first kappa shape index (κ1) is 106. The van der Waals surface area contributed by atoms with E-state index in [4.69, 9.17) is 0 Å². The van der Waals surface area contributed by atoms with Crippen molar-refractivity contribution in [1.29, 1.82) is 0 Å². The second-order valence-corrected chi connectivity index (χ2v) is 0. The minimum absolute atomic E-state index is 0. The maximum absolute atomic E-state index is 0. The molecule has 0 fully saturated rings. The summed E-state index contributed by atoms with van der Waals surface area (Å²) in [6.45, 7) is 0. The van der Waals surface area contributed by atoms with Crippen LogP contribution in [-0.2, 0) is 90.4 Å². The normalized spacial score (nSPS) is 0. The summed E-state index contributed by atoms with van der Waals surface area (Å²) in [7, 11) is 0. The van der Waals surface area contributed by atoms with E-state index in [1.807, 2.05) is 0 Å². The average Bonchev–Trinajstić information content (AvgIpc) is 0. The Morgan fingerprint density at radius 1 is 1.09 bits per heavy atom. The van der Waals surface area contributed by atoms with Gasteiger partial charge in [0.05, 0.1) is 0 Å². The largest absolute Gasteiger partial charge is 2.00 e. The van der Waals surface area contributed by atoms with Crippen LogP contribution in [0.5, 0.6) is 0 Å². The number of rotatable bonds is 0. The van der Waals surface area contributed by atoms with E-state index in [9.17, 15) is 0 Å². The van der Waals surface area contributed by atoms with Crippen LogP contribution in [0, 0.1) is 0 Å². The zero-order valence-corrected chi connectivity index (χ0v) is 23.6. The zero-order valence-electron chi connectivity index (χ0n) is 8.47. The molecule has 0 rings (SSSR count). The summed E-state index contributed by atoms with van der Waals surface area (Å²) in [5, 5.41) is 0. The summed E-state index contributed by atoms with van der Waals surface area (Å²) in [5.74, 6) is 0. The number of hydrogen-bond acceptors (Lipinski definition) is 0. The zero-order chi connectivity index (χ0) is 0. The van der Waals surface area contributed by atoms with E-state index in [2.05, 4.69) is 0 Å². The van der Waals surface area contributed by atoms with Crippen molar-refractivity contribution in [3.63, 3.8) is 0 Å². The molecule has 0 N–H and O–H groups in total. The van der Waals surface area contributed by atoms with E-state index in [1.165, 1.54) is 0 Å². The summed E-state index contributed by atoms with van der Waals surface area (Å²) < 4.78 is 0. The van der Waals surface area contributed by atoms with Crippen molar-refractivity contribution < 1.29 is 124 Å². The monoisotopic (exact) mass is 768 g/mol. The fourth-order valence-electron chi connectivity index (χ4n) is 0. The van der Waals surface area contributed by atoms with Crippen LogP contribution in [-0.4, -0.2) is 103 Å². The van der Waals surface area contributed by atoms with Crippen LogP contribution in [0.15, 0.2) is 0 Å². The van der Waals surface area contributed by atoms with Crippen molar-refractivity contribution in [2.24, 2.45) is 0 Å². The van der Waals surface area contributed by atoms with E-state index in [-0.39, 0.29) is 227 Å². The smallest absolute Gasteiger partial charge is 1.00 e. The Kier molecular flexibility index (Phi) is 850. The first-order valence-corrected chi connectivity index (χ1v) is 0. The Morgan fingerprint density at radius 2 is 1.09 bits per heavy atom. The average molecular weight is 769 g/mol. The first-order chi connectivity index (χ1) is 0. The minimum Gasteiger partial charge on any atom is -1.00 e.